The van der Waals surface area contributed by atoms with Crippen LogP contribution in [-0.2, 0) is 6.42 Å². The molecule has 0 unspecified atom stereocenters. The minimum atomic E-state index is 0.370. The van der Waals surface area contributed by atoms with Crippen molar-refractivity contribution in [3.05, 3.63) is 53.5 Å². The Hall–Kier alpha value is -2.01. The van der Waals surface area contributed by atoms with Crippen molar-refractivity contribution in [2.45, 2.75) is 13.3 Å². The molecule has 0 fully saturated rings. The first-order valence-electron chi connectivity index (χ1n) is 6.06. The molecule has 5 heteroatoms. The first-order valence-corrected chi connectivity index (χ1v) is 6.47. The summed E-state index contributed by atoms with van der Waals surface area (Å²) in [7, 11) is 0. The van der Waals surface area contributed by atoms with Gasteiger partial charge in [0, 0.05) is 25.1 Å². The molecule has 19 heavy (non-hydrogen) atoms. The van der Waals surface area contributed by atoms with Crippen LogP contribution in [0.2, 0.25) is 0 Å². The molecule has 0 radical (unpaired) electrons. The third-order valence-electron chi connectivity index (χ3n) is 2.83. The lowest BCUT2D eigenvalue weighted by atomic mass is 10.1. The molecule has 0 bridgehead atoms. The fourth-order valence-electron chi connectivity index (χ4n) is 1.87. The van der Waals surface area contributed by atoms with Crippen LogP contribution in [0.4, 0.5) is 5.82 Å². The predicted molar refractivity (Wildman–Crippen MR) is 81.3 cm³/mol. The maximum Gasteiger partial charge on any atom is 0.136 e. The average molecular weight is 272 g/mol. The molecule has 0 saturated heterocycles. The molecule has 2 aromatic heterocycles. The van der Waals surface area contributed by atoms with Gasteiger partial charge in [-0.3, -0.25) is 4.98 Å². The largest absolute Gasteiger partial charge is 0.389 e. The lowest BCUT2D eigenvalue weighted by molar-refractivity contribution is 0.991. The van der Waals surface area contributed by atoms with Gasteiger partial charge in [0.05, 0.1) is 5.56 Å². The Labute approximate surface area is 118 Å². The number of hydrogen-bond donors (Lipinski definition) is 2. The summed E-state index contributed by atoms with van der Waals surface area (Å²) in [5.74, 6) is 0.747. The van der Waals surface area contributed by atoms with Crippen molar-refractivity contribution in [2.24, 2.45) is 5.73 Å². The summed E-state index contributed by atoms with van der Waals surface area (Å²) in [6.07, 6.45) is 6.26. The summed E-state index contributed by atoms with van der Waals surface area (Å²) in [6, 6.07) is 5.88. The van der Waals surface area contributed by atoms with Gasteiger partial charge in [-0.25, -0.2) is 4.98 Å². The maximum absolute atomic E-state index is 5.74. The van der Waals surface area contributed by atoms with Crippen LogP contribution in [0.25, 0.3) is 0 Å². The van der Waals surface area contributed by atoms with Crippen LogP contribution >= 0.6 is 12.2 Å². The lowest BCUT2D eigenvalue weighted by Crippen LogP contribution is -2.17. The molecule has 0 spiro atoms. The van der Waals surface area contributed by atoms with Gasteiger partial charge in [-0.05, 0) is 36.6 Å². The van der Waals surface area contributed by atoms with E-state index in [1.54, 1.807) is 12.4 Å². The fourth-order valence-corrected chi connectivity index (χ4v) is 2.13. The van der Waals surface area contributed by atoms with Gasteiger partial charge in [0.2, 0.25) is 0 Å². The summed E-state index contributed by atoms with van der Waals surface area (Å²) < 4.78 is 0. The van der Waals surface area contributed by atoms with Crippen molar-refractivity contribution in [2.75, 3.05) is 11.9 Å². The fraction of sp³-hybridized carbons (Fsp3) is 0.214. The quantitative estimate of drug-likeness (QED) is 0.816. The topological polar surface area (TPSA) is 63.8 Å². The number of aromatic nitrogens is 2. The molecule has 4 nitrogen and oxygen atoms in total. The number of nitrogens with two attached hydrogens (primary N) is 1. The molecule has 2 rings (SSSR count). The van der Waals surface area contributed by atoms with E-state index in [9.17, 15) is 0 Å². The molecule has 0 aliphatic heterocycles. The smallest absolute Gasteiger partial charge is 0.136 e. The highest BCUT2D eigenvalue weighted by Gasteiger charge is 2.09. The zero-order valence-electron chi connectivity index (χ0n) is 10.8. The highest BCUT2D eigenvalue weighted by molar-refractivity contribution is 7.80. The van der Waals surface area contributed by atoms with Crippen LogP contribution in [0.1, 0.15) is 16.7 Å². The second-order valence-corrected chi connectivity index (χ2v) is 4.69. The minimum Gasteiger partial charge on any atom is -0.389 e. The van der Waals surface area contributed by atoms with Crippen LogP contribution in [0.15, 0.2) is 36.8 Å². The van der Waals surface area contributed by atoms with Crippen LogP contribution in [0, 0.1) is 6.92 Å². The SMILES string of the molecule is Cc1ccnc(NCCc2cccnc2)c1C(N)=S. The number of thiocarbonyl (C=S) groups is 1. The monoisotopic (exact) mass is 272 g/mol. The summed E-state index contributed by atoms with van der Waals surface area (Å²) in [5, 5.41) is 3.28. The van der Waals surface area contributed by atoms with E-state index in [2.05, 4.69) is 15.3 Å². The van der Waals surface area contributed by atoms with E-state index < -0.39 is 0 Å². The molecule has 2 heterocycles. The first-order chi connectivity index (χ1) is 9.18. The number of pyridine rings is 2. The van der Waals surface area contributed by atoms with E-state index in [0.717, 1.165) is 29.9 Å². The van der Waals surface area contributed by atoms with Gasteiger partial charge in [0.15, 0.2) is 0 Å². The van der Waals surface area contributed by atoms with Crippen molar-refractivity contribution in [1.29, 1.82) is 0 Å². The summed E-state index contributed by atoms with van der Waals surface area (Å²) in [5.41, 5.74) is 8.78. The Morgan fingerprint density at radius 1 is 1.37 bits per heavy atom. The van der Waals surface area contributed by atoms with Gasteiger partial charge < -0.3 is 11.1 Å². The standard InChI is InChI=1S/C14H16N4S/c1-10-4-7-17-14(12(10)13(15)19)18-8-5-11-3-2-6-16-9-11/h2-4,6-7,9H,5,8H2,1H3,(H2,15,19)(H,17,18). The Balaban J connectivity index is 2.04. The van der Waals surface area contributed by atoms with E-state index in [0.29, 0.717) is 4.99 Å². The molecule has 0 saturated carbocycles. The Morgan fingerprint density at radius 3 is 2.89 bits per heavy atom. The molecule has 98 valence electrons. The third kappa shape index (κ3) is 3.48. The van der Waals surface area contributed by atoms with Crippen LogP contribution in [0.3, 0.4) is 0 Å². The van der Waals surface area contributed by atoms with Gasteiger partial charge >= 0.3 is 0 Å². The van der Waals surface area contributed by atoms with Gasteiger partial charge in [-0.2, -0.15) is 0 Å². The maximum atomic E-state index is 5.74. The molecule has 0 aliphatic rings. The number of aryl methyl sites for hydroxylation is 1. The van der Waals surface area contributed by atoms with Gasteiger partial charge in [0.25, 0.3) is 0 Å². The van der Waals surface area contributed by atoms with Crippen molar-refractivity contribution in [3.63, 3.8) is 0 Å². The van der Waals surface area contributed by atoms with Gasteiger partial charge in [0.1, 0.15) is 10.8 Å². The van der Waals surface area contributed by atoms with Crippen molar-refractivity contribution in [3.8, 4) is 0 Å². The van der Waals surface area contributed by atoms with Crippen LogP contribution < -0.4 is 11.1 Å². The first kappa shape index (κ1) is 13.4. The van der Waals surface area contributed by atoms with Gasteiger partial charge in [-0.1, -0.05) is 18.3 Å². The highest BCUT2D eigenvalue weighted by atomic mass is 32.1. The normalized spacial score (nSPS) is 10.2. The number of nitrogens with zero attached hydrogens (tertiary/aromatic N) is 2. The Kier molecular flexibility index (Phi) is 4.41. The third-order valence-corrected chi connectivity index (χ3v) is 3.04. The van der Waals surface area contributed by atoms with Crippen LogP contribution in [0.5, 0.6) is 0 Å². The molecule has 0 atom stereocenters. The summed E-state index contributed by atoms with van der Waals surface area (Å²) >= 11 is 5.07. The second kappa shape index (κ2) is 6.24. The lowest BCUT2D eigenvalue weighted by Gasteiger charge is -2.12. The molecule has 0 amide bonds. The van der Waals surface area contributed by atoms with Crippen molar-refractivity contribution >= 4 is 23.0 Å². The summed E-state index contributed by atoms with van der Waals surface area (Å²) in [4.78, 5) is 8.75. The van der Waals surface area contributed by atoms with E-state index in [1.165, 1.54) is 5.56 Å². The Morgan fingerprint density at radius 2 is 2.21 bits per heavy atom. The van der Waals surface area contributed by atoms with E-state index in [-0.39, 0.29) is 0 Å². The minimum absolute atomic E-state index is 0.370. The average Bonchev–Trinajstić information content (AvgIpc) is 2.39. The van der Waals surface area contributed by atoms with E-state index in [1.807, 2.05) is 31.3 Å². The highest BCUT2D eigenvalue weighted by Crippen LogP contribution is 2.16. The zero-order chi connectivity index (χ0) is 13.7. The number of hydrogen-bond acceptors (Lipinski definition) is 4. The van der Waals surface area contributed by atoms with Crippen molar-refractivity contribution < 1.29 is 0 Å². The number of anilines is 1. The van der Waals surface area contributed by atoms with E-state index in [4.69, 9.17) is 18.0 Å². The van der Waals surface area contributed by atoms with Gasteiger partial charge in [-0.15, -0.1) is 0 Å². The zero-order valence-corrected chi connectivity index (χ0v) is 11.6. The molecule has 2 aromatic rings. The Bertz CT molecular complexity index is 569. The van der Waals surface area contributed by atoms with Crippen molar-refractivity contribution in [1.82, 2.24) is 9.97 Å². The molecule has 0 aromatic carbocycles. The molecule has 0 aliphatic carbocycles. The number of nitrogens with one attached hydrogen (secondary N) is 1. The summed E-state index contributed by atoms with van der Waals surface area (Å²) in [6.45, 7) is 2.74. The van der Waals surface area contributed by atoms with E-state index >= 15 is 0 Å². The molecule has 3 N–H and O–H groups in total. The van der Waals surface area contributed by atoms with Crippen LogP contribution in [-0.4, -0.2) is 21.5 Å². The molecular weight excluding hydrogens is 256 g/mol. The second-order valence-electron chi connectivity index (χ2n) is 4.25. The predicted octanol–water partition coefficient (Wildman–Crippen LogP) is 2.07. The number of rotatable bonds is 5. The molecular formula is C14H16N4S.